The van der Waals surface area contributed by atoms with Gasteiger partial charge in [0.25, 0.3) is 10.0 Å². The van der Waals surface area contributed by atoms with E-state index in [9.17, 15) is 18.0 Å². The highest BCUT2D eigenvalue weighted by atomic mass is 32.2. The first-order valence-corrected chi connectivity index (χ1v) is 16.9. The zero-order chi connectivity index (χ0) is 32.4. The maximum absolute atomic E-state index is 14.6. The Morgan fingerprint density at radius 1 is 0.778 bits per heavy atom. The summed E-state index contributed by atoms with van der Waals surface area (Å²) >= 11 is 0. The number of nitrogens with one attached hydrogen (secondary N) is 1. The molecular formula is C37H43N3O4S. The van der Waals surface area contributed by atoms with Gasteiger partial charge in [-0.15, -0.1) is 0 Å². The fourth-order valence-electron chi connectivity index (χ4n) is 5.18. The Kier molecular flexibility index (Phi) is 11.5. The van der Waals surface area contributed by atoms with Crippen molar-refractivity contribution in [1.82, 2.24) is 10.2 Å². The summed E-state index contributed by atoms with van der Waals surface area (Å²) < 4.78 is 29.7. The van der Waals surface area contributed by atoms with E-state index in [1.54, 1.807) is 30.3 Å². The molecule has 0 aliphatic carbocycles. The van der Waals surface area contributed by atoms with Crippen molar-refractivity contribution in [1.29, 1.82) is 0 Å². The maximum Gasteiger partial charge on any atom is 0.264 e. The second-order valence-electron chi connectivity index (χ2n) is 11.5. The molecule has 0 aliphatic rings. The Morgan fingerprint density at radius 3 is 2.00 bits per heavy atom. The van der Waals surface area contributed by atoms with Gasteiger partial charge >= 0.3 is 0 Å². The SMILES string of the molecule is CCCCNC(=O)[C@@H](Cc1ccccc1)N(Cc1ccccc1)C(=O)CN(c1cc(C)ccc1C)S(=O)(=O)c1ccc(C)cc1. The van der Waals surface area contributed by atoms with Crippen molar-refractivity contribution in [3.8, 4) is 0 Å². The number of hydrogen-bond donors (Lipinski definition) is 1. The third-order valence-corrected chi connectivity index (χ3v) is 9.59. The number of carbonyl (C=O) groups excluding carboxylic acids is 2. The molecule has 0 radical (unpaired) electrons. The van der Waals surface area contributed by atoms with Gasteiger partial charge in [0.1, 0.15) is 12.6 Å². The number of benzene rings is 4. The van der Waals surface area contributed by atoms with E-state index >= 15 is 0 Å². The lowest BCUT2D eigenvalue weighted by atomic mass is 10.0. The van der Waals surface area contributed by atoms with Crippen molar-refractivity contribution in [3.05, 3.63) is 131 Å². The van der Waals surface area contributed by atoms with Gasteiger partial charge in [-0.1, -0.05) is 104 Å². The minimum atomic E-state index is -4.15. The molecule has 0 unspecified atom stereocenters. The van der Waals surface area contributed by atoms with E-state index in [2.05, 4.69) is 12.2 Å². The molecule has 2 amide bonds. The topological polar surface area (TPSA) is 86.8 Å². The summed E-state index contributed by atoms with van der Waals surface area (Å²) in [5.41, 5.74) is 4.68. The lowest BCUT2D eigenvalue weighted by molar-refractivity contribution is -0.140. The van der Waals surface area contributed by atoms with Gasteiger partial charge < -0.3 is 10.2 Å². The van der Waals surface area contributed by atoms with E-state index in [0.717, 1.165) is 40.7 Å². The second-order valence-corrected chi connectivity index (χ2v) is 13.3. The molecule has 0 bridgehead atoms. The molecule has 236 valence electrons. The third-order valence-electron chi connectivity index (χ3n) is 7.82. The van der Waals surface area contributed by atoms with Crippen molar-refractivity contribution in [2.75, 3.05) is 17.4 Å². The number of aryl methyl sites for hydroxylation is 3. The van der Waals surface area contributed by atoms with Gasteiger partial charge in [-0.3, -0.25) is 13.9 Å². The second kappa shape index (κ2) is 15.5. The zero-order valence-electron chi connectivity index (χ0n) is 26.6. The molecule has 0 saturated carbocycles. The largest absolute Gasteiger partial charge is 0.354 e. The summed E-state index contributed by atoms with van der Waals surface area (Å²) in [4.78, 5) is 30.0. The molecule has 0 saturated heterocycles. The highest BCUT2D eigenvalue weighted by Crippen LogP contribution is 2.29. The van der Waals surface area contributed by atoms with Gasteiger partial charge in [-0.25, -0.2) is 8.42 Å². The fraction of sp³-hybridized carbons (Fsp3) is 0.297. The molecule has 1 N–H and O–H groups in total. The molecule has 45 heavy (non-hydrogen) atoms. The Hall–Kier alpha value is -4.43. The van der Waals surface area contributed by atoms with Gasteiger partial charge in [0.05, 0.1) is 10.6 Å². The summed E-state index contributed by atoms with van der Waals surface area (Å²) in [6.45, 7) is 7.82. The van der Waals surface area contributed by atoms with Crippen molar-refractivity contribution < 1.29 is 18.0 Å². The van der Waals surface area contributed by atoms with Crippen LogP contribution in [0, 0.1) is 20.8 Å². The highest BCUT2D eigenvalue weighted by molar-refractivity contribution is 7.92. The van der Waals surface area contributed by atoms with E-state index in [0.29, 0.717) is 12.2 Å². The smallest absolute Gasteiger partial charge is 0.264 e. The van der Waals surface area contributed by atoms with E-state index < -0.39 is 28.5 Å². The lowest BCUT2D eigenvalue weighted by Gasteiger charge is -2.34. The van der Waals surface area contributed by atoms with Crippen molar-refractivity contribution in [3.63, 3.8) is 0 Å². The van der Waals surface area contributed by atoms with Crippen LogP contribution in [0.5, 0.6) is 0 Å². The fourth-order valence-corrected chi connectivity index (χ4v) is 6.65. The van der Waals surface area contributed by atoms with E-state index in [1.165, 1.54) is 9.21 Å². The quantitative estimate of drug-likeness (QED) is 0.165. The van der Waals surface area contributed by atoms with Crippen LogP contribution < -0.4 is 9.62 Å². The predicted molar refractivity (Wildman–Crippen MR) is 180 cm³/mol. The van der Waals surface area contributed by atoms with Gasteiger partial charge in [-0.2, -0.15) is 0 Å². The molecule has 4 rings (SSSR count). The van der Waals surface area contributed by atoms with Crippen LogP contribution in [-0.4, -0.2) is 44.3 Å². The number of anilines is 1. The van der Waals surface area contributed by atoms with Crippen LogP contribution in [0.15, 0.2) is 108 Å². The van der Waals surface area contributed by atoms with Gasteiger partial charge in [0, 0.05) is 19.5 Å². The van der Waals surface area contributed by atoms with Crippen molar-refractivity contribution in [2.45, 2.75) is 64.4 Å². The molecular weight excluding hydrogens is 582 g/mol. The predicted octanol–water partition coefficient (Wildman–Crippen LogP) is 6.36. The molecule has 0 aromatic heterocycles. The minimum absolute atomic E-state index is 0.0922. The first kappa shape index (κ1) is 33.5. The monoisotopic (exact) mass is 625 g/mol. The third kappa shape index (κ3) is 8.82. The van der Waals surface area contributed by atoms with Crippen LogP contribution in [0.3, 0.4) is 0 Å². The van der Waals surface area contributed by atoms with Crippen LogP contribution in [0.25, 0.3) is 0 Å². The van der Waals surface area contributed by atoms with Gasteiger partial charge in [0.2, 0.25) is 11.8 Å². The number of hydrogen-bond acceptors (Lipinski definition) is 4. The van der Waals surface area contributed by atoms with Crippen LogP contribution >= 0.6 is 0 Å². The Bertz CT molecular complexity index is 1670. The maximum atomic E-state index is 14.6. The van der Waals surface area contributed by atoms with Gasteiger partial charge in [0.15, 0.2) is 0 Å². The lowest BCUT2D eigenvalue weighted by Crippen LogP contribution is -2.53. The van der Waals surface area contributed by atoms with Crippen LogP contribution in [0.2, 0.25) is 0 Å². The molecule has 1 atom stereocenters. The molecule has 0 heterocycles. The van der Waals surface area contributed by atoms with Crippen molar-refractivity contribution >= 4 is 27.5 Å². The van der Waals surface area contributed by atoms with Crippen molar-refractivity contribution in [2.24, 2.45) is 0 Å². The number of sulfonamides is 1. The van der Waals surface area contributed by atoms with E-state index in [4.69, 9.17) is 0 Å². The molecule has 8 heteroatoms. The number of unbranched alkanes of at least 4 members (excludes halogenated alkanes) is 1. The molecule has 0 aliphatic heterocycles. The van der Waals surface area contributed by atoms with E-state index in [-0.39, 0.29) is 23.8 Å². The molecule has 0 fully saturated rings. The Balaban J connectivity index is 1.80. The van der Waals surface area contributed by atoms with Crippen LogP contribution in [0.1, 0.15) is 47.6 Å². The first-order chi connectivity index (χ1) is 21.6. The van der Waals surface area contributed by atoms with Gasteiger partial charge in [-0.05, 0) is 67.6 Å². The average Bonchev–Trinajstić information content (AvgIpc) is 3.04. The summed E-state index contributed by atoms with van der Waals surface area (Å²) in [6, 6.07) is 30.4. The van der Waals surface area contributed by atoms with E-state index in [1.807, 2.05) is 93.6 Å². The zero-order valence-corrected chi connectivity index (χ0v) is 27.4. The highest BCUT2D eigenvalue weighted by Gasteiger charge is 2.35. The normalized spacial score (nSPS) is 11.9. The number of amides is 2. The number of carbonyl (C=O) groups is 2. The standard InChI is InChI=1S/C37H43N3O4S/c1-5-6-23-38-37(42)35(25-31-13-9-7-10-14-31)39(26-32-15-11-8-12-16-32)36(41)27-40(34-24-29(3)17-20-30(34)4)45(43,44)33-21-18-28(2)19-22-33/h7-22,24,35H,5-6,23,25-27H2,1-4H3,(H,38,42)/t35-/m1/s1. The summed E-state index contributed by atoms with van der Waals surface area (Å²) in [5, 5.41) is 3.02. The summed E-state index contributed by atoms with van der Waals surface area (Å²) in [5.74, 6) is -0.738. The Morgan fingerprint density at radius 2 is 1.38 bits per heavy atom. The first-order valence-electron chi connectivity index (χ1n) is 15.4. The molecule has 7 nitrogen and oxygen atoms in total. The molecule has 4 aromatic rings. The summed E-state index contributed by atoms with van der Waals surface area (Å²) in [7, 11) is -4.15. The number of rotatable bonds is 14. The summed E-state index contributed by atoms with van der Waals surface area (Å²) in [6.07, 6.45) is 2.01. The molecule has 4 aromatic carbocycles. The number of nitrogens with zero attached hydrogens (tertiary/aromatic N) is 2. The average molecular weight is 626 g/mol. The minimum Gasteiger partial charge on any atom is -0.354 e. The molecule has 0 spiro atoms. The van der Waals surface area contributed by atoms with Crippen LogP contribution in [0.4, 0.5) is 5.69 Å². The Labute approximate surface area is 268 Å². The van der Waals surface area contributed by atoms with Crippen LogP contribution in [-0.2, 0) is 32.6 Å².